The minimum Gasteiger partial charge on any atom is -0.345 e. The van der Waals surface area contributed by atoms with Crippen LogP contribution < -0.4 is 5.32 Å². The molecule has 48 valence electrons. The summed E-state index contributed by atoms with van der Waals surface area (Å²) in [5, 5.41) is 2.12. The van der Waals surface area contributed by atoms with Gasteiger partial charge in [0.2, 0.25) is 0 Å². The van der Waals surface area contributed by atoms with Crippen molar-refractivity contribution in [2.45, 2.75) is 6.54 Å². The maximum absolute atomic E-state index is 3.98. The van der Waals surface area contributed by atoms with Gasteiger partial charge in [-0.1, -0.05) is 6.07 Å². The van der Waals surface area contributed by atoms with E-state index in [1.165, 1.54) is 5.56 Å². The second-order valence-corrected chi connectivity index (χ2v) is 1.97. The molecular weight excluding hydrogens is 112 g/mol. The molecule has 0 fully saturated rings. The van der Waals surface area contributed by atoms with Crippen molar-refractivity contribution in [3.8, 4) is 0 Å². The molecule has 2 N–H and O–H groups in total. The molecule has 1 aromatic heterocycles. The van der Waals surface area contributed by atoms with Gasteiger partial charge in [0.25, 0.3) is 0 Å². The smallest absolute Gasteiger partial charge is 0.103 e. The van der Waals surface area contributed by atoms with Gasteiger partial charge in [-0.05, 0) is 6.07 Å². The summed E-state index contributed by atoms with van der Waals surface area (Å²) in [6, 6.07) is 4.03. The van der Waals surface area contributed by atoms with Crippen LogP contribution in [-0.4, -0.2) is 12.0 Å². The fourth-order valence-corrected chi connectivity index (χ4v) is 0.755. The monoisotopic (exact) mass is 123 g/mol. The predicted octanol–water partition coefficient (Wildman–Crippen LogP) is -0.225. The van der Waals surface area contributed by atoms with Gasteiger partial charge in [-0.15, -0.1) is 0 Å². The Morgan fingerprint density at radius 3 is 3.11 bits per heavy atom. The lowest BCUT2D eigenvalue weighted by molar-refractivity contribution is -0.643. The zero-order valence-corrected chi connectivity index (χ0v) is 5.54. The lowest BCUT2D eigenvalue weighted by Crippen LogP contribution is -2.77. The van der Waals surface area contributed by atoms with Gasteiger partial charge in [-0.3, -0.25) is 4.98 Å². The normalized spacial score (nSPS) is 9.44. The Labute approximate surface area is 54.9 Å². The zero-order chi connectivity index (χ0) is 6.53. The highest BCUT2D eigenvalue weighted by Gasteiger charge is 1.87. The largest absolute Gasteiger partial charge is 0.345 e. The third kappa shape index (κ3) is 1.82. The van der Waals surface area contributed by atoms with Gasteiger partial charge in [0.05, 0.1) is 7.05 Å². The second kappa shape index (κ2) is 3.20. The van der Waals surface area contributed by atoms with Crippen molar-refractivity contribution in [1.82, 2.24) is 4.98 Å². The summed E-state index contributed by atoms with van der Waals surface area (Å²) in [6.45, 7) is 1.02. The number of aromatic nitrogens is 1. The summed E-state index contributed by atoms with van der Waals surface area (Å²) < 4.78 is 0. The molecule has 0 bridgehead atoms. The van der Waals surface area contributed by atoms with Crippen LogP contribution in [0, 0.1) is 0 Å². The first-order chi connectivity index (χ1) is 4.43. The molecule has 0 aliphatic heterocycles. The first-order valence-corrected chi connectivity index (χ1v) is 3.10. The molecule has 2 nitrogen and oxygen atoms in total. The first-order valence-electron chi connectivity index (χ1n) is 3.10. The Morgan fingerprint density at radius 1 is 1.67 bits per heavy atom. The molecular formula is C7H11N2+. The first kappa shape index (κ1) is 6.23. The lowest BCUT2D eigenvalue weighted by atomic mass is 10.3. The molecule has 0 unspecified atom stereocenters. The minimum absolute atomic E-state index is 1.02. The summed E-state index contributed by atoms with van der Waals surface area (Å²) >= 11 is 0. The summed E-state index contributed by atoms with van der Waals surface area (Å²) in [4.78, 5) is 3.98. The summed E-state index contributed by atoms with van der Waals surface area (Å²) in [7, 11) is 2.05. The summed E-state index contributed by atoms with van der Waals surface area (Å²) in [5.74, 6) is 0. The Kier molecular flexibility index (Phi) is 2.22. The number of hydrogen-bond donors (Lipinski definition) is 1. The predicted molar refractivity (Wildman–Crippen MR) is 35.8 cm³/mol. The van der Waals surface area contributed by atoms with Crippen molar-refractivity contribution >= 4 is 0 Å². The number of nitrogens with zero attached hydrogens (tertiary/aromatic N) is 1. The molecule has 0 aliphatic rings. The van der Waals surface area contributed by atoms with Crippen molar-refractivity contribution in [3.05, 3.63) is 30.1 Å². The Balaban J connectivity index is 2.61. The fourth-order valence-electron chi connectivity index (χ4n) is 0.755. The maximum atomic E-state index is 3.98. The average molecular weight is 123 g/mol. The van der Waals surface area contributed by atoms with E-state index in [2.05, 4.69) is 16.4 Å². The fraction of sp³-hybridized carbons (Fsp3) is 0.286. The van der Waals surface area contributed by atoms with Gasteiger partial charge in [0.1, 0.15) is 6.54 Å². The van der Waals surface area contributed by atoms with Crippen LogP contribution in [0.4, 0.5) is 0 Å². The molecule has 0 spiro atoms. The third-order valence-electron chi connectivity index (χ3n) is 1.16. The average Bonchev–Trinajstić information content (AvgIpc) is 1.91. The molecule has 0 radical (unpaired) electrons. The van der Waals surface area contributed by atoms with E-state index in [0.29, 0.717) is 0 Å². The van der Waals surface area contributed by atoms with E-state index in [9.17, 15) is 0 Å². The molecule has 0 aromatic carbocycles. The van der Waals surface area contributed by atoms with Crippen LogP contribution in [0.1, 0.15) is 5.56 Å². The van der Waals surface area contributed by atoms with E-state index in [-0.39, 0.29) is 0 Å². The number of quaternary nitrogens is 1. The quantitative estimate of drug-likeness (QED) is 0.578. The second-order valence-electron chi connectivity index (χ2n) is 1.97. The van der Waals surface area contributed by atoms with Crippen LogP contribution in [0.5, 0.6) is 0 Å². The SMILES string of the molecule is C[NH2+]Cc1cccnc1. The minimum atomic E-state index is 1.02. The number of nitrogens with two attached hydrogens (primary N) is 1. The van der Waals surface area contributed by atoms with Crippen molar-refractivity contribution in [2.24, 2.45) is 0 Å². The Morgan fingerprint density at radius 2 is 2.56 bits per heavy atom. The van der Waals surface area contributed by atoms with E-state index >= 15 is 0 Å². The van der Waals surface area contributed by atoms with Crippen LogP contribution in [-0.2, 0) is 6.54 Å². The van der Waals surface area contributed by atoms with Gasteiger partial charge < -0.3 is 5.32 Å². The molecule has 0 saturated heterocycles. The van der Waals surface area contributed by atoms with Crippen molar-refractivity contribution in [3.63, 3.8) is 0 Å². The molecule has 0 aliphatic carbocycles. The van der Waals surface area contributed by atoms with Gasteiger partial charge in [0, 0.05) is 18.0 Å². The summed E-state index contributed by atoms with van der Waals surface area (Å²) in [5.41, 5.74) is 1.28. The number of rotatable bonds is 2. The maximum Gasteiger partial charge on any atom is 0.103 e. The van der Waals surface area contributed by atoms with Gasteiger partial charge >= 0.3 is 0 Å². The van der Waals surface area contributed by atoms with Gasteiger partial charge in [-0.2, -0.15) is 0 Å². The van der Waals surface area contributed by atoms with E-state index in [1.807, 2.05) is 19.3 Å². The highest BCUT2D eigenvalue weighted by molar-refractivity contribution is 5.05. The standard InChI is InChI=1S/C7H10N2/c1-8-5-7-3-2-4-9-6-7/h2-4,6,8H,5H2,1H3/p+1. The van der Waals surface area contributed by atoms with Crippen molar-refractivity contribution in [2.75, 3.05) is 7.05 Å². The van der Waals surface area contributed by atoms with E-state index in [0.717, 1.165) is 6.54 Å². The van der Waals surface area contributed by atoms with Crippen LogP contribution in [0.25, 0.3) is 0 Å². The molecule has 9 heavy (non-hydrogen) atoms. The van der Waals surface area contributed by atoms with E-state index in [4.69, 9.17) is 0 Å². The van der Waals surface area contributed by atoms with E-state index in [1.54, 1.807) is 6.20 Å². The van der Waals surface area contributed by atoms with Gasteiger partial charge in [-0.25, -0.2) is 0 Å². The van der Waals surface area contributed by atoms with Crippen molar-refractivity contribution < 1.29 is 5.32 Å². The molecule has 2 heteroatoms. The topological polar surface area (TPSA) is 29.5 Å². The summed E-state index contributed by atoms with van der Waals surface area (Å²) in [6.07, 6.45) is 3.68. The third-order valence-corrected chi connectivity index (χ3v) is 1.16. The molecule has 1 rings (SSSR count). The molecule has 1 heterocycles. The molecule has 0 amide bonds. The van der Waals surface area contributed by atoms with Crippen LogP contribution in [0.2, 0.25) is 0 Å². The molecule has 0 saturated carbocycles. The van der Waals surface area contributed by atoms with Crippen LogP contribution in [0.15, 0.2) is 24.5 Å². The number of hydrogen-bond acceptors (Lipinski definition) is 1. The van der Waals surface area contributed by atoms with E-state index < -0.39 is 0 Å². The Bertz CT molecular complexity index is 160. The number of pyridine rings is 1. The van der Waals surface area contributed by atoms with Crippen LogP contribution >= 0.6 is 0 Å². The molecule has 1 aromatic rings. The zero-order valence-electron chi connectivity index (χ0n) is 5.54. The highest BCUT2D eigenvalue weighted by Crippen LogP contribution is 1.90. The van der Waals surface area contributed by atoms with Crippen LogP contribution in [0.3, 0.4) is 0 Å². The molecule has 0 atom stereocenters. The lowest BCUT2D eigenvalue weighted by Gasteiger charge is -1.92. The van der Waals surface area contributed by atoms with Crippen molar-refractivity contribution in [1.29, 1.82) is 0 Å². The Hall–Kier alpha value is -0.890. The highest BCUT2D eigenvalue weighted by atomic mass is 14.8. The van der Waals surface area contributed by atoms with Gasteiger partial charge in [0.15, 0.2) is 0 Å².